The fraction of sp³-hybridized carbons (Fsp3) is 0.433. The largest absolute Gasteiger partial charge is 0.494 e. The van der Waals surface area contributed by atoms with Gasteiger partial charge in [-0.1, -0.05) is 0 Å². The Morgan fingerprint density at radius 3 is 2.46 bits per heavy atom. The van der Waals surface area contributed by atoms with Crippen molar-refractivity contribution in [2.45, 2.75) is 57.1 Å². The number of ether oxygens (including phenoxy) is 2. The van der Waals surface area contributed by atoms with Crippen molar-refractivity contribution >= 4 is 18.6 Å². The molecule has 3 heterocycles. The maximum atomic E-state index is 13.5. The topological polar surface area (TPSA) is 116 Å². The van der Waals surface area contributed by atoms with E-state index in [1.165, 1.54) is 30.0 Å². The Balaban J connectivity index is 1.16. The number of benzene rings is 2. The van der Waals surface area contributed by atoms with Crippen molar-refractivity contribution in [1.29, 1.82) is 0 Å². The standard InChI is InChI=1S/C30H35FN3O6P/c1-2-39-28-16-26(27-10-5-22(31)17-32-27)25(20-3-4-20)15-21(28)18-33-13-11-30(12-14-33)19-34(29(35)40-30)23-6-8-24(9-7-23)41(36,37)38/h5-10,15-17,20,29,35H,2-4,11-14,18-19H2,1H3,(H2,36,37,38). The van der Waals surface area contributed by atoms with Crippen LogP contribution in [0.25, 0.3) is 11.3 Å². The zero-order chi connectivity index (χ0) is 28.8. The van der Waals surface area contributed by atoms with Gasteiger partial charge in [0.1, 0.15) is 11.6 Å². The van der Waals surface area contributed by atoms with Gasteiger partial charge in [-0.3, -0.25) is 14.4 Å². The highest BCUT2D eigenvalue weighted by molar-refractivity contribution is 7.60. The van der Waals surface area contributed by atoms with Crippen LogP contribution in [0.3, 0.4) is 0 Å². The monoisotopic (exact) mass is 583 g/mol. The van der Waals surface area contributed by atoms with E-state index in [4.69, 9.17) is 9.47 Å². The molecular weight excluding hydrogens is 548 g/mol. The second-order valence-electron chi connectivity index (χ2n) is 11.2. The number of aliphatic hydroxyl groups is 1. The van der Waals surface area contributed by atoms with Gasteiger partial charge in [-0.15, -0.1) is 0 Å². The molecule has 1 atom stereocenters. The molecular formula is C30H35FN3O6P. The number of piperidine rings is 1. The van der Waals surface area contributed by atoms with Gasteiger partial charge in [-0.2, -0.15) is 0 Å². The smallest absolute Gasteiger partial charge is 0.356 e. The van der Waals surface area contributed by atoms with Crippen LogP contribution in [-0.2, 0) is 15.8 Å². The number of halogens is 1. The summed E-state index contributed by atoms with van der Waals surface area (Å²) in [7, 11) is -4.33. The third kappa shape index (κ3) is 6.04. The van der Waals surface area contributed by atoms with Gasteiger partial charge in [-0.05, 0) is 92.6 Å². The molecule has 2 aliphatic heterocycles. The van der Waals surface area contributed by atoms with Gasteiger partial charge in [0.15, 0.2) is 0 Å². The van der Waals surface area contributed by atoms with Crippen molar-refractivity contribution in [1.82, 2.24) is 9.88 Å². The molecule has 1 aliphatic carbocycles. The van der Waals surface area contributed by atoms with E-state index < -0.39 is 19.6 Å². The van der Waals surface area contributed by atoms with E-state index in [1.54, 1.807) is 23.1 Å². The Hall–Kier alpha value is -2.85. The van der Waals surface area contributed by atoms with Gasteiger partial charge in [0.2, 0.25) is 6.41 Å². The average Bonchev–Trinajstić information content (AvgIpc) is 3.74. The quantitative estimate of drug-likeness (QED) is 0.337. The molecule has 2 aromatic carbocycles. The van der Waals surface area contributed by atoms with Crippen molar-refractivity contribution in [3.05, 3.63) is 71.7 Å². The zero-order valence-electron chi connectivity index (χ0n) is 22.9. The molecule has 0 bridgehead atoms. The number of aliphatic hydroxyl groups excluding tert-OH is 1. The highest BCUT2D eigenvalue weighted by atomic mass is 31.2. The summed E-state index contributed by atoms with van der Waals surface area (Å²) in [5, 5.41) is 10.6. The fourth-order valence-electron chi connectivity index (χ4n) is 5.95. The van der Waals surface area contributed by atoms with Crippen LogP contribution < -0.4 is 14.9 Å². The molecule has 0 amide bonds. The molecule has 1 saturated carbocycles. The minimum absolute atomic E-state index is 0.0582. The molecule has 1 spiro atoms. The van der Waals surface area contributed by atoms with Crippen LogP contribution in [0.15, 0.2) is 54.7 Å². The first-order chi connectivity index (χ1) is 19.6. The number of pyridine rings is 1. The summed E-state index contributed by atoms with van der Waals surface area (Å²) < 4.78 is 37.2. The van der Waals surface area contributed by atoms with E-state index in [-0.39, 0.29) is 11.1 Å². The lowest BCUT2D eigenvalue weighted by atomic mass is 9.90. The van der Waals surface area contributed by atoms with Crippen LogP contribution in [-0.4, -0.2) is 63.0 Å². The van der Waals surface area contributed by atoms with Crippen molar-refractivity contribution in [2.24, 2.45) is 0 Å². The van der Waals surface area contributed by atoms with E-state index in [0.29, 0.717) is 24.8 Å². The third-order valence-electron chi connectivity index (χ3n) is 8.31. The Labute approximate surface area is 238 Å². The number of likely N-dealkylation sites (tertiary alicyclic amines) is 1. The Kier molecular flexibility index (Phi) is 7.65. The Morgan fingerprint density at radius 1 is 1.12 bits per heavy atom. The molecule has 3 aliphatic rings. The lowest BCUT2D eigenvalue weighted by Crippen LogP contribution is -2.46. The van der Waals surface area contributed by atoms with Crippen molar-refractivity contribution in [2.75, 3.05) is 31.1 Å². The SMILES string of the molecule is CCOc1cc(-c2ccc(F)cn2)c(C2CC2)cc1CN1CCC2(CC1)CN(c1ccc(P(=O)(O)O)cc1)C(O)O2. The molecule has 41 heavy (non-hydrogen) atoms. The second kappa shape index (κ2) is 11.1. The van der Waals surface area contributed by atoms with E-state index >= 15 is 0 Å². The van der Waals surface area contributed by atoms with Crippen LogP contribution >= 0.6 is 7.60 Å². The molecule has 1 aromatic heterocycles. The Bertz CT molecular complexity index is 1440. The molecule has 1 unspecified atom stereocenters. The maximum Gasteiger partial charge on any atom is 0.356 e. The summed E-state index contributed by atoms with van der Waals surface area (Å²) in [6.45, 7) is 5.27. The van der Waals surface area contributed by atoms with Crippen LogP contribution in [0.1, 0.15) is 49.7 Å². The van der Waals surface area contributed by atoms with E-state index in [9.17, 15) is 23.8 Å². The van der Waals surface area contributed by atoms with Gasteiger partial charge in [0, 0.05) is 36.4 Å². The summed E-state index contributed by atoms with van der Waals surface area (Å²) in [4.78, 5) is 27.2. The van der Waals surface area contributed by atoms with Crippen molar-refractivity contribution in [3.63, 3.8) is 0 Å². The normalized spacial score (nSPS) is 21.0. The first kappa shape index (κ1) is 28.3. The van der Waals surface area contributed by atoms with Gasteiger partial charge in [0.05, 0.1) is 35.9 Å². The second-order valence-corrected chi connectivity index (χ2v) is 12.8. The molecule has 3 N–H and O–H groups in total. The Morgan fingerprint density at radius 2 is 1.85 bits per heavy atom. The summed E-state index contributed by atoms with van der Waals surface area (Å²) in [5.41, 5.74) is 4.25. The van der Waals surface area contributed by atoms with Crippen molar-refractivity contribution < 1.29 is 33.3 Å². The predicted molar refractivity (Wildman–Crippen MR) is 153 cm³/mol. The zero-order valence-corrected chi connectivity index (χ0v) is 23.8. The number of anilines is 1. The highest BCUT2D eigenvalue weighted by Crippen LogP contribution is 2.47. The number of hydrogen-bond acceptors (Lipinski definition) is 7. The van der Waals surface area contributed by atoms with Crippen molar-refractivity contribution in [3.8, 4) is 17.0 Å². The molecule has 218 valence electrons. The van der Waals surface area contributed by atoms with E-state index in [0.717, 1.165) is 67.9 Å². The van der Waals surface area contributed by atoms with Crippen LogP contribution in [0.4, 0.5) is 10.1 Å². The number of aromatic nitrogens is 1. The summed E-state index contributed by atoms with van der Waals surface area (Å²) >= 11 is 0. The summed E-state index contributed by atoms with van der Waals surface area (Å²) in [6.07, 6.45) is 3.86. The van der Waals surface area contributed by atoms with Gasteiger partial charge < -0.3 is 29.3 Å². The minimum atomic E-state index is -4.33. The van der Waals surface area contributed by atoms with Gasteiger partial charge in [-0.25, -0.2) is 4.39 Å². The van der Waals surface area contributed by atoms with Gasteiger partial charge >= 0.3 is 7.60 Å². The lowest BCUT2D eigenvalue weighted by Gasteiger charge is -2.38. The summed E-state index contributed by atoms with van der Waals surface area (Å²) in [5.74, 6) is 0.938. The first-order valence-corrected chi connectivity index (χ1v) is 15.7. The predicted octanol–water partition coefficient (Wildman–Crippen LogP) is 4.11. The van der Waals surface area contributed by atoms with Crippen LogP contribution in [0.5, 0.6) is 5.75 Å². The lowest BCUT2D eigenvalue weighted by molar-refractivity contribution is -0.151. The fourth-order valence-corrected chi connectivity index (χ4v) is 6.49. The molecule has 3 aromatic rings. The average molecular weight is 584 g/mol. The molecule has 9 nitrogen and oxygen atoms in total. The van der Waals surface area contributed by atoms with Crippen LogP contribution in [0.2, 0.25) is 0 Å². The third-order valence-corrected chi connectivity index (χ3v) is 9.28. The van der Waals surface area contributed by atoms with Gasteiger partial charge in [0.25, 0.3) is 0 Å². The number of rotatable bonds is 8. The molecule has 0 radical (unpaired) electrons. The minimum Gasteiger partial charge on any atom is -0.494 e. The molecule has 6 rings (SSSR count). The molecule has 2 saturated heterocycles. The maximum absolute atomic E-state index is 13.5. The summed E-state index contributed by atoms with van der Waals surface area (Å²) in [6, 6.07) is 13.5. The van der Waals surface area contributed by atoms with Crippen LogP contribution in [0, 0.1) is 5.82 Å². The number of hydrogen-bond donors (Lipinski definition) is 3. The number of nitrogens with zero attached hydrogens (tertiary/aromatic N) is 3. The molecule has 3 fully saturated rings. The van der Waals surface area contributed by atoms with E-state index in [2.05, 4.69) is 22.0 Å². The highest BCUT2D eigenvalue weighted by Gasteiger charge is 2.46. The van der Waals surface area contributed by atoms with E-state index in [1.807, 2.05) is 6.92 Å². The first-order valence-electron chi connectivity index (χ1n) is 14.1. The molecule has 11 heteroatoms.